The largest absolute Gasteiger partial charge is 0.387 e. The van der Waals surface area contributed by atoms with Gasteiger partial charge in [0, 0.05) is 11.3 Å². The second-order valence-corrected chi connectivity index (χ2v) is 3.36. The molecule has 0 aromatic heterocycles. The Morgan fingerprint density at radius 2 is 2.17 bits per heavy atom. The molecule has 0 saturated carbocycles. The normalized spacial score (nSPS) is 9.75. The molecule has 0 heterocycles. The maximum absolute atomic E-state index is 7.17. The Kier molecular flexibility index (Phi) is 3.17. The lowest BCUT2D eigenvalue weighted by atomic mass is 10.1. The molecule has 0 bridgehead atoms. The Bertz CT molecular complexity index is 284. The van der Waals surface area contributed by atoms with Crippen molar-refractivity contribution in [3.05, 3.63) is 29.8 Å². The third kappa shape index (κ3) is 2.27. The van der Waals surface area contributed by atoms with Gasteiger partial charge in [-0.05, 0) is 17.9 Å². The molecule has 64 valence electrons. The first-order valence-electron chi connectivity index (χ1n) is 3.69. The summed E-state index contributed by atoms with van der Waals surface area (Å²) in [5, 5.41) is 7.17. The summed E-state index contributed by atoms with van der Waals surface area (Å²) in [6, 6.07) is 8.02. The minimum atomic E-state index is 0.219. The third-order valence-electron chi connectivity index (χ3n) is 1.57. The van der Waals surface area contributed by atoms with Crippen molar-refractivity contribution in [3.8, 4) is 0 Å². The molecule has 0 fully saturated rings. The maximum Gasteiger partial charge on any atom is 0.0950 e. The average molecular weight is 180 g/mol. The fourth-order valence-corrected chi connectivity index (χ4v) is 1.67. The van der Waals surface area contributed by atoms with Crippen LogP contribution in [0.2, 0.25) is 0 Å². The zero-order valence-corrected chi connectivity index (χ0v) is 7.82. The maximum atomic E-state index is 7.17. The van der Waals surface area contributed by atoms with E-state index in [1.807, 2.05) is 30.5 Å². The van der Waals surface area contributed by atoms with Crippen molar-refractivity contribution in [3.63, 3.8) is 0 Å². The van der Waals surface area contributed by atoms with Gasteiger partial charge in [-0.2, -0.15) is 0 Å². The van der Waals surface area contributed by atoms with Gasteiger partial charge < -0.3 is 5.73 Å². The van der Waals surface area contributed by atoms with Crippen molar-refractivity contribution in [2.24, 2.45) is 5.73 Å². The zero-order chi connectivity index (χ0) is 8.97. The SMILES string of the molecule is CSc1ccccc1CC(=N)N. The van der Waals surface area contributed by atoms with Crippen LogP contribution in [0.3, 0.4) is 0 Å². The van der Waals surface area contributed by atoms with E-state index in [4.69, 9.17) is 11.1 Å². The Morgan fingerprint density at radius 1 is 1.50 bits per heavy atom. The van der Waals surface area contributed by atoms with Crippen LogP contribution in [-0.4, -0.2) is 12.1 Å². The van der Waals surface area contributed by atoms with Gasteiger partial charge in [-0.1, -0.05) is 18.2 Å². The molecular formula is C9H12N2S. The van der Waals surface area contributed by atoms with Gasteiger partial charge in [-0.25, -0.2) is 0 Å². The van der Waals surface area contributed by atoms with Gasteiger partial charge in [0.2, 0.25) is 0 Å². The van der Waals surface area contributed by atoms with Crippen LogP contribution < -0.4 is 5.73 Å². The van der Waals surface area contributed by atoms with Crippen molar-refractivity contribution >= 4 is 17.6 Å². The Morgan fingerprint density at radius 3 is 2.75 bits per heavy atom. The molecule has 0 aliphatic carbocycles. The second kappa shape index (κ2) is 4.16. The minimum absolute atomic E-state index is 0.219. The lowest BCUT2D eigenvalue weighted by Gasteiger charge is -2.04. The Hall–Kier alpha value is -0.960. The molecule has 0 amide bonds. The number of nitrogens with two attached hydrogens (primary N) is 1. The third-order valence-corrected chi connectivity index (χ3v) is 2.41. The average Bonchev–Trinajstić information content (AvgIpc) is 2.04. The molecule has 1 aromatic carbocycles. The highest BCUT2D eigenvalue weighted by Crippen LogP contribution is 2.19. The molecule has 0 atom stereocenters. The summed E-state index contributed by atoms with van der Waals surface area (Å²) in [6.07, 6.45) is 2.58. The van der Waals surface area contributed by atoms with Gasteiger partial charge in [0.15, 0.2) is 0 Å². The van der Waals surface area contributed by atoms with E-state index in [-0.39, 0.29) is 5.84 Å². The fourth-order valence-electron chi connectivity index (χ4n) is 1.05. The predicted molar refractivity (Wildman–Crippen MR) is 53.8 cm³/mol. The van der Waals surface area contributed by atoms with Gasteiger partial charge >= 0.3 is 0 Å². The first kappa shape index (κ1) is 9.13. The monoisotopic (exact) mass is 180 g/mol. The number of hydrogen-bond donors (Lipinski definition) is 2. The summed E-state index contributed by atoms with van der Waals surface area (Å²) in [5.74, 6) is 0.219. The van der Waals surface area contributed by atoms with Crippen LogP contribution in [0.25, 0.3) is 0 Å². The number of thioether (sulfide) groups is 1. The number of nitrogens with one attached hydrogen (secondary N) is 1. The molecule has 1 rings (SSSR count). The van der Waals surface area contributed by atoms with Gasteiger partial charge in [0.05, 0.1) is 5.84 Å². The van der Waals surface area contributed by atoms with Crippen molar-refractivity contribution in [2.45, 2.75) is 11.3 Å². The Balaban J connectivity index is 2.89. The van der Waals surface area contributed by atoms with E-state index in [0.29, 0.717) is 6.42 Å². The van der Waals surface area contributed by atoms with Crippen LogP contribution in [0.15, 0.2) is 29.2 Å². The summed E-state index contributed by atoms with van der Waals surface area (Å²) in [5.41, 5.74) is 6.46. The summed E-state index contributed by atoms with van der Waals surface area (Å²) < 4.78 is 0. The molecule has 1 aromatic rings. The first-order chi connectivity index (χ1) is 5.74. The van der Waals surface area contributed by atoms with E-state index in [0.717, 1.165) is 5.56 Å². The van der Waals surface area contributed by atoms with Crippen LogP contribution in [-0.2, 0) is 6.42 Å². The molecule has 0 aliphatic rings. The second-order valence-electron chi connectivity index (χ2n) is 2.51. The number of amidine groups is 1. The van der Waals surface area contributed by atoms with Crippen LogP contribution in [0.1, 0.15) is 5.56 Å². The van der Waals surface area contributed by atoms with Gasteiger partial charge in [-0.3, -0.25) is 5.41 Å². The number of rotatable bonds is 3. The summed E-state index contributed by atoms with van der Waals surface area (Å²) in [4.78, 5) is 1.20. The van der Waals surface area contributed by atoms with Gasteiger partial charge in [0.25, 0.3) is 0 Å². The van der Waals surface area contributed by atoms with E-state index in [9.17, 15) is 0 Å². The van der Waals surface area contributed by atoms with E-state index in [1.54, 1.807) is 11.8 Å². The van der Waals surface area contributed by atoms with Crippen LogP contribution in [0.5, 0.6) is 0 Å². The van der Waals surface area contributed by atoms with Crippen molar-refractivity contribution in [1.29, 1.82) is 5.41 Å². The zero-order valence-electron chi connectivity index (χ0n) is 7.00. The lowest BCUT2D eigenvalue weighted by molar-refractivity contribution is 1.18. The molecule has 0 unspecified atom stereocenters. The van der Waals surface area contributed by atoms with Crippen LogP contribution in [0.4, 0.5) is 0 Å². The standard InChI is InChI=1S/C9H12N2S/c1-12-8-5-3-2-4-7(8)6-9(10)11/h2-5H,6H2,1H3,(H3,10,11). The van der Waals surface area contributed by atoms with Crippen LogP contribution in [0, 0.1) is 5.41 Å². The molecule has 2 nitrogen and oxygen atoms in total. The summed E-state index contributed by atoms with van der Waals surface area (Å²) >= 11 is 1.69. The molecular weight excluding hydrogens is 168 g/mol. The fraction of sp³-hybridized carbons (Fsp3) is 0.222. The smallest absolute Gasteiger partial charge is 0.0950 e. The Labute approximate surface area is 76.7 Å². The minimum Gasteiger partial charge on any atom is -0.387 e. The highest BCUT2D eigenvalue weighted by atomic mass is 32.2. The molecule has 0 aliphatic heterocycles. The summed E-state index contributed by atoms with van der Waals surface area (Å²) in [7, 11) is 0. The molecule has 0 saturated heterocycles. The van der Waals surface area contributed by atoms with Crippen molar-refractivity contribution in [1.82, 2.24) is 0 Å². The molecule has 3 N–H and O–H groups in total. The summed E-state index contributed by atoms with van der Waals surface area (Å²) in [6.45, 7) is 0. The molecule has 0 spiro atoms. The van der Waals surface area contributed by atoms with Gasteiger partial charge in [0.1, 0.15) is 0 Å². The van der Waals surface area contributed by atoms with Gasteiger partial charge in [-0.15, -0.1) is 11.8 Å². The highest BCUT2D eigenvalue weighted by molar-refractivity contribution is 7.98. The van der Waals surface area contributed by atoms with E-state index in [2.05, 4.69) is 0 Å². The molecule has 3 heteroatoms. The topological polar surface area (TPSA) is 49.9 Å². The number of benzene rings is 1. The molecule has 12 heavy (non-hydrogen) atoms. The number of hydrogen-bond acceptors (Lipinski definition) is 2. The molecule has 0 radical (unpaired) electrons. The quantitative estimate of drug-likeness (QED) is 0.424. The van der Waals surface area contributed by atoms with E-state index in [1.165, 1.54) is 4.90 Å². The van der Waals surface area contributed by atoms with Crippen molar-refractivity contribution < 1.29 is 0 Å². The van der Waals surface area contributed by atoms with Crippen LogP contribution >= 0.6 is 11.8 Å². The first-order valence-corrected chi connectivity index (χ1v) is 4.91. The van der Waals surface area contributed by atoms with E-state index < -0.39 is 0 Å². The predicted octanol–water partition coefficient (Wildman–Crippen LogP) is 1.89. The van der Waals surface area contributed by atoms with E-state index >= 15 is 0 Å². The highest BCUT2D eigenvalue weighted by Gasteiger charge is 2.00. The lowest BCUT2D eigenvalue weighted by Crippen LogP contribution is -2.13. The van der Waals surface area contributed by atoms with Crippen molar-refractivity contribution in [2.75, 3.05) is 6.26 Å².